The lowest BCUT2D eigenvalue weighted by Crippen LogP contribution is -2.37. The van der Waals surface area contributed by atoms with Crippen molar-refractivity contribution in [3.8, 4) is 11.1 Å². The van der Waals surface area contributed by atoms with E-state index in [1.165, 1.54) is 0 Å². The van der Waals surface area contributed by atoms with Crippen LogP contribution in [0.15, 0.2) is 48.7 Å². The number of nitrogens with zero attached hydrogens (tertiary/aromatic N) is 4. The van der Waals surface area contributed by atoms with Gasteiger partial charge in [-0.25, -0.2) is 4.68 Å². The van der Waals surface area contributed by atoms with Gasteiger partial charge in [-0.2, -0.15) is 5.10 Å². The lowest BCUT2D eigenvalue weighted by molar-refractivity contribution is -0.123. The number of benzene rings is 1. The molecule has 0 bridgehead atoms. The molecule has 7 heteroatoms. The van der Waals surface area contributed by atoms with Gasteiger partial charge >= 0.3 is 0 Å². The predicted molar refractivity (Wildman–Crippen MR) is 117 cm³/mol. The molecule has 0 aliphatic carbocycles. The van der Waals surface area contributed by atoms with Crippen LogP contribution in [0.2, 0.25) is 5.02 Å². The molecule has 0 radical (unpaired) electrons. The van der Waals surface area contributed by atoms with Crippen molar-refractivity contribution in [3.05, 3.63) is 65.1 Å². The van der Waals surface area contributed by atoms with Gasteiger partial charge in [-0.1, -0.05) is 29.8 Å². The van der Waals surface area contributed by atoms with E-state index in [0.29, 0.717) is 17.3 Å². The summed E-state index contributed by atoms with van der Waals surface area (Å²) in [5.74, 6) is 0.802. The zero-order chi connectivity index (χ0) is 21.1. The summed E-state index contributed by atoms with van der Waals surface area (Å²) in [5.41, 5.74) is 3.52. The van der Waals surface area contributed by atoms with Gasteiger partial charge in [0.25, 0.3) is 0 Å². The fraction of sp³-hybridized carbons (Fsp3) is 0.304. The van der Waals surface area contributed by atoms with Crippen LogP contribution in [0.25, 0.3) is 11.1 Å². The Hall–Kier alpha value is -2.99. The van der Waals surface area contributed by atoms with Crippen molar-refractivity contribution >= 4 is 29.1 Å². The summed E-state index contributed by atoms with van der Waals surface area (Å²) in [5, 5.41) is 5.08. The van der Waals surface area contributed by atoms with Gasteiger partial charge in [-0.15, -0.1) is 0 Å². The first-order valence-electron chi connectivity index (χ1n) is 10.1. The maximum Gasteiger partial charge on any atom is 0.228 e. The van der Waals surface area contributed by atoms with Crippen molar-refractivity contribution in [2.45, 2.75) is 39.2 Å². The molecule has 0 saturated heterocycles. The minimum Gasteiger partial charge on any atom is -0.299 e. The first kappa shape index (κ1) is 20.3. The molecule has 6 nitrogen and oxygen atoms in total. The first-order valence-corrected chi connectivity index (χ1v) is 10.4. The summed E-state index contributed by atoms with van der Waals surface area (Å²) in [4.78, 5) is 31.2. The molecule has 4 rings (SSSR count). The minimum absolute atomic E-state index is 0.00746. The van der Waals surface area contributed by atoms with Crippen LogP contribution >= 0.6 is 11.6 Å². The Balaban J connectivity index is 1.32. The minimum atomic E-state index is -0.0338. The largest absolute Gasteiger partial charge is 0.299 e. The number of amides is 1. The average Bonchev–Trinajstić information content (AvgIpc) is 3.12. The van der Waals surface area contributed by atoms with Gasteiger partial charge in [-0.3, -0.25) is 19.5 Å². The number of aryl methyl sites for hydroxylation is 2. The summed E-state index contributed by atoms with van der Waals surface area (Å²) >= 11 is 6.04. The third-order valence-corrected chi connectivity index (χ3v) is 5.42. The second-order valence-corrected chi connectivity index (χ2v) is 7.97. The van der Waals surface area contributed by atoms with Gasteiger partial charge in [0, 0.05) is 60.9 Å². The number of pyridine rings is 1. The molecule has 154 valence electrons. The van der Waals surface area contributed by atoms with Crippen LogP contribution in [-0.2, 0) is 22.6 Å². The second kappa shape index (κ2) is 8.79. The molecule has 0 atom stereocenters. The Labute approximate surface area is 180 Å². The molecule has 0 saturated carbocycles. The van der Waals surface area contributed by atoms with E-state index in [9.17, 15) is 9.59 Å². The topological polar surface area (TPSA) is 68.1 Å². The molecule has 1 aliphatic heterocycles. The number of hydrogen-bond donors (Lipinski definition) is 0. The Morgan fingerprint density at radius 3 is 2.70 bits per heavy atom. The molecule has 0 unspecified atom stereocenters. The number of carbonyl (C=O) groups excluding carboxylic acids is 2. The van der Waals surface area contributed by atoms with E-state index in [1.54, 1.807) is 11.1 Å². The highest BCUT2D eigenvalue weighted by Crippen LogP contribution is 2.24. The molecule has 1 aromatic carbocycles. The summed E-state index contributed by atoms with van der Waals surface area (Å²) < 4.78 is 1.87. The highest BCUT2D eigenvalue weighted by molar-refractivity contribution is 6.30. The van der Waals surface area contributed by atoms with Gasteiger partial charge in [0.15, 0.2) is 0 Å². The number of rotatable bonds is 6. The lowest BCUT2D eigenvalue weighted by atomic mass is 10.1. The van der Waals surface area contributed by atoms with E-state index in [1.807, 2.05) is 54.1 Å². The Bertz CT molecular complexity index is 1080. The molecule has 2 aromatic heterocycles. The number of fused-ring (bicyclic) bond motifs is 1. The third kappa shape index (κ3) is 4.60. The molecule has 0 N–H and O–H groups in total. The fourth-order valence-corrected chi connectivity index (χ4v) is 3.89. The van der Waals surface area contributed by atoms with E-state index >= 15 is 0 Å². The number of hydrogen-bond acceptors (Lipinski definition) is 4. The smallest absolute Gasteiger partial charge is 0.228 e. The number of anilines is 1. The van der Waals surface area contributed by atoms with Gasteiger partial charge in [0.05, 0.1) is 5.69 Å². The highest BCUT2D eigenvalue weighted by Gasteiger charge is 2.24. The van der Waals surface area contributed by atoms with Crippen molar-refractivity contribution in [1.82, 2.24) is 14.8 Å². The normalized spacial score (nSPS) is 13.2. The molecule has 0 fully saturated rings. The van der Waals surface area contributed by atoms with Crippen LogP contribution in [0.3, 0.4) is 0 Å². The lowest BCUT2D eigenvalue weighted by Gasteiger charge is -2.27. The molecule has 0 spiro atoms. The number of Topliss-reactive ketones (excluding diaryl/α,β-unsaturated/α-hetero) is 1. The Morgan fingerprint density at radius 2 is 1.93 bits per heavy atom. The van der Waals surface area contributed by atoms with Gasteiger partial charge < -0.3 is 0 Å². The average molecular weight is 423 g/mol. The van der Waals surface area contributed by atoms with Crippen molar-refractivity contribution in [2.24, 2.45) is 0 Å². The van der Waals surface area contributed by atoms with Crippen molar-refractivity contribution < 1.29 is 9.59 Å². The van der Waals surface area contributed by atoms with Gasteiger partial charge in [0.1, 0.15) is 11.6 Å². The summed E-state index contributed by atoms with van der Waals surface area (Å²) in [6.45, 7) is 3.41. The molecule has 30 heavy (non-hydrogen) atoms. The van der Waals surface area contributed by atoms with Gasteiger partial charge in [0.2, 0.25) is 5.91 Å². The summed E-state index contributed by atoms with van der Waals surface area (Å²) in [6.07, 6.45) is 3.25. The van der Waals surface area contributed by atoms with Crippen molar-refractivity contribution in [2.75, 3.05) is 11.4 Å². The molecule has 3 heterocycles. The number of aromatic nitrogens is 3. The zero-order valence-corrected chi connectivity index (χ0v) is 17.6. The molecular weight excluding hydrogens is 400 g/mol. The first-order chi connectivity index (χ1) is 14.5. The maximum atomic E-state index is 12.7. The van der Waals surface area contributed by atoms with Crippen molar-refractivity contribution in [3.63, 3.8) is 0 Å². The van der Waals surface area contributed by atoms with Crippen LogP contribution in [0.4, 0.5) is 5.82 Å². The maximum absolute atomic E-state index is 12.7. The molecular formula is C23H23ClN4O2. The number of carbonyl (C=O) groups is 2. The summed E-state index contributed by atoms with van der Waals surface area (Å²) in [6, 6.07) is 13.3. The third-order valence-electron chi connectivity index (χ3n) is 5.19. The van der Waals surface area contributed by atoms with Gasteiger partial charge in [-0.05, 0) is 37.1 Å². The Kier molecular flexibility index (Phi) is 5.95. The predicted octanol–water partition coefficient (Wildman–Crippen LogP) is 4.24. The quantitative estimate of drug-likeness (QED) is 0.596. The van der Waals surface area contributed by atoms with Crippen LogP contribution in [-0.4, -0.2) is 33.0 Å². The van der Waals surface area contributed by atoms with E-state index in [2.05, 4.69) is 10.1 Å². The number of ketones is 1. The fourth-order valence-electron chi connectivity index (χ4n) is 3.70. The van der Waals surface area contributed by atoms with E-state index in [0.717, 1.165) is 35.6 Å². The van der Waals surface area contributed by atoms with E-state index in [4.69, 9.17) is 11.6 Å². The zero-order valence-electron chi connectivity index (χ0n) is 16.8. The van der Waals surface area contributed by atoms with Crippen molar-refractivity contribution in [1.29, 1.82) is 0 Å². The van der Waals surface area contributed by atoms with E-state index in [-0.39, 0.29) is 31.0 Å². The second-order valence-electron chi connectivity index (χ2n) is 7.53. The van der Waals surface area contributed by atoms with Crippen LogP contribution in [0.1, 0.15) is 30.7 Å². The van der Waals surface area contributed by atoms with Crippen LogP contribution in [0, 0.1) is 6.92 Å². The molecule has 1 amide bonds. The molecule has 1 aliphatic rings. The number of halogens is 1. The SMILES string of the molecule is Cc1cc2n(n1)CCCN2C(=O)CCC(=O)Cc1ccc(-c2cccc(Cl)c2)cn1. The Morgan fingerprint density at radius 1 is 1.07 bits per heavy atom. The monoisotopic (exact) mass is 422 g/mol. The standard InChI is InChI=1S/C23H23ClN4O2/c1-16-12-22-27(10-3-11-28(22)26-16)23(30)9-8-21(29)14-20-7-6-18(15-25-20)17-4-2-5-19(24)13-17/h2,4-7,12-13,15H,3,8-11,14H2,1H3. The highest BCUT2D eigenvalue weighted by atomic mass is 35.5. The summed E-state index contributed by atoms with van der Waals surface area (Å²) in [7, 11) is 0. The van der Waals surface area contributed by atoms with E-state index < -0.39 is 0 Å². The van der Waals surface area contributed by atoms with Crippen LogP contribution < -0.4 is 4.90 Å². The molecule has 3 aromatic rings. The van der Waals surface area contributed by atoms with Crippen LogP contribution in [0.5, 0.6) is 0 Å².